The van der Waals surface area contributed by atoms with E-state index in [2.05, 4.69) is 96.9 Å². The summed E-state index contributed by atoms with van der Waals surface area (Å²) < 4.78 is 2.12. The second-order valence-corrected chi connectivity index (χ2v) is 32.4. The van der Waals surface area contributed by atoms with Crippen molar-refractivity contribution >= 4 is 35.9 Å². The van der Waals surface area contributed by atoms with Crippen molar-refractivity contribution in [2.45, 2.75) is 115 Å². The molecule has 6 heterocycles. The Labute approximate surface area is 183 Å². The third-order valence-electron chi connectivity index (χ3n) is 9.84. The highest BCUT2D eigenvalue weighted by molar-refractivity contribution is 8.63. The number of rotatable bonds is 2. The van der Waals surface area contributed by atoms with Gasteiger partial charge in [0.05, 0.1) is 22.0 Å². The van der Waals surface area contributed by atoms with E-state index < -0.39 is 14.5 Å². The van der Waals surface area contributed by atoms with Gasteiger partial charge in [0.1, 0.15) is 7.26 Å². The Morgan fingerprint density at radius 3 is 1.24 bits per heavy atom. The summed E-state index contributed by atoms with van der Waals surface area (Å²) >= 11 is 0. The van der Waals surface area contributed by atoms with Crippen molar-refractivity contribution < 1.29 is 4.79 Å². The van der Waals surface area contributed by atoms with Gasteiger partial charge in [0, 0.05) is 28.6 Å². The van der Waals surface area contributed by atoms with E-state index in [-0.39, 0.29) is 15.8 Å². The van der Waals surface area contributed by atoms with Crippen LogP contribution in [0.15, 0.2) is 0 Å². The highest BCUT2D eigenvalue weighted by Gasteiger charge is 3.46. The van der Waals surface area contributed by atoms with E-state index in [0.717, 1.165) is 0 Å². The Kier molecular flexibility index (Phi) is 3.56. The van der Waals surface area contributed by atoms with Crippen LogP contribution in [-0.4, -0.2) is 30.2 Å². The van der Waals surface area contributed by atoms with Gasteiger partial charge in [-0.3, -0.25) is 4.79 Å². The number of carbonyl (C=O) groups is 1. The maximum Gasteiger partial charge on any atom is 0.276 e. The zero-order valence-corrected chi connectivity index (χ0v) is 25.0. The lowest BCUT2D eigenvalue weighted by atomic mass is 9.95. The second kappa shape index (κ2) is 4.65. The smallest absolute Gasteiger partial charge is 0.253 e. The molecule has 0 spiro atoms. The van der Waals surface area contributed by atoms with Gasteiger partial charge in [-0.05, 0) is 6.92 Å². The van der Waals surface area contributed by atoms with Gasteiger partial charge in [-0.2, -0.15) is 0 Å². The summed E-state index contributed by atoms with van der Waals surface area (Å²) in [5.74, 6) is 0. The Bertz CT molecular complexity index is 839. The van der Waals surface area contributed by atoms with Crippen molar-refractivity contribution in [2.24, 2.45) is 21.7 Å². The van der Waals surface area contributed by atoms with Crippen molar-refractivity contribution in [1.82, 2.24) is 0 Å². The minimum absolute atomic E-state index is 0.0476. The number of carbonyl (C=O) groups excluding carboxylic acids is 1. The highest BCUT2D eigenvalue weighted by Crippen LogP contribution is 3.63. The fraction of sp³-hybridized carbons (Fsp3) is 0.958. The Balaban J connectivity index is 1.94. The van der Waals surface area contributed by atoms with Crippen LogP contribution in [0.1, 0.15) is 96.9 Å². The van der Waals surface area contributed by atoms with Crippen LogP contribution >= 0.6 is 30.4 Å². The van der Waals surface area contributed by atoms with Gasteiger partial charge < -0.3 is 0 Å². The molecular formula is C24H44OP4+2. The lowest BCUT2D eigenvalue weighted by Gasteiger charge is -3.16. The average molecular weight is 473 g/mol. The van der Waals surface area contributed by atoms with Crippen molar-refractivity contribution in [3.63, 3.8) is 0 Å². The van der Waals surface area contributed by atoms with E-state index in [1.807, 2.05) is 0 Å². The van der Waals surface area contributed by atoms with Crippen LogP contribution in [0.3, 0.4) is 0 Å². The molecule has 1 nitrogen and oxygen atoms in total. The van der Waals surface area contributed by atoms with E-state index in [9.17, 15) is 4.79 Å². The van der Waals surface area contributed by atoms with E-state index >= 15 is 0 Å². The van der Waals surface area contributed by atoms with Crippen LogP contribution in [0.2, 0.25) is 0 Å². The summed E-state index contributed by atoms with van der Waals surface area (Å²) in [6.45, 7) is 35.3. The third-order valence-corrected chi connectivity index (χ3v) is 48.3. The van der Waals surface area contributed by atoms with E-state index in [4.69, 9.17) is 0 Å². The zero-order valence-electron chi connectivity index (χ0n) is 21.4. The van der Waals surface area contributed by atoms with Crippen molar-refractivity contribution in [2.75, 3.05) is 6.16 Å². The third kappa shape index (κ3) is 1.19. The van der Waals surface area contributed by atoms with Crippen LogP contribution in [0.25, 0.3) is 0 Å². The largest absolute Gasteiger partial charge is 0.276 e. The topological polar surface area (TPSA) is 17.1 Å². The molecule has 0 aromatic carbocycles. The first-order valence-corrected chi connectivity index (χ1v) is 18.1. The van der Waals surface area contributed by atoms with Gasteiger partial charge in [0.2, 0.25) is 9.28 Å². The Morgan fingerprint density at radius 1 is 0.690 bits per heavy atom. The SMILES string of the molecule is CC[P+]12C3(C(C)(C)C)P4C5(C(C)(C)C)P3C1(C(C)(C)C)[P+]5(C(C)=O)C42C(C)(C)C. The Morgan fingerprint density at radius 2 is 1.03 bits per heavy atom. The molecule has 6 aliphatic heterocycles. The molecule has 6 rings (SSSR count). The van der Waals surface area contributed by atoms with Gasteiger partial charge in [0.15, 0.2) is 16.5 Å². The summed E-state index contributed by atoms with van der Waals surface area (Å²) in [6, 6.07) is 0. The fourth-order valence-corrected chi connectivity index (χ4v) is 76.3. The molecule has 5 heteroatoms. The lowest BCUT2D eigenvalue weighted by Crippen LogP contribution is -3.08. The zero-order chi connectivity index (χ0) is 22.4. The van der Waals surface area contributed by atoms with Crippen LogP contribution in [0, 0.1) is 21.7 Å². The molecule has 6 fully saturated rings. The summed E-state index contributed by atoms with van der Waals surface area (Å²) in [7, 11) is -2.98. The molecule has 29 heavy (non-hydrogen) atoms. The average Bonchev–Trinajstić information content (AvgIpc) is 2.47. The van der Waals surface area contributed by atoms with Gasteiger partial charge in [0.25, 0.3) is 5.52 Å². The molecule has 0 saturated carbocycles. The van der Waals surface area contributed by atoms with Crippen LogP contribution < -0.4 is 0 Å². The molecule has 0 amide bonds. The summed E-state index contributed by atoms with van der Waals surface area (Å²) in [4.78, 5) is 14.1. The van der Waals surface area contributed by atoms with E-state index in [1.54, 1.807) is 0 Å². The molecular weight excluding hydrogens is 428 g/mol. The molecule has 6 aliphatic rings. The lowest BCUT2D eigenvalue weighted by molar-refractivity contribution is -0.110. The van der Waals surface area contributed by atoms with E-state index in [0.29, 0.717) is 45.7 Å². The van der Waals surface area contributed by atoms with Crippen molar-refractivity contribution in [1.29, 1.82) is 0 Å². The van der Waals surface area contributed by atoms with Gasteiger partial charge in [-0.15, -0.1) is 0 Å². The molecule has 0 aromatic heterocycles. The Hall–Kier alpha value is 1.39. The predicted molar refractivity (Wildman–Crippen MR) is 138 cm³/mol. The maximum absolute atomic E-state index is 14.1. The monoisotopic (exact) mass is 472 g/mol. The second-order valence-electron chi connectivity index (χ2n) is 14.5. The first-order chi connectivity index (χ1) is 12.7. The number of hydrogen-bond donors (Lipinski definition) is 0. The molecule has 0 bridgehead atoms. The first-order valence-electron chi connectivity index (χ1n) is 11.6. The van der Waals surface area contributed by atoms with Crippen molar-refractivity contribution in [3.8, 4) is 0 Å². The van der Waals surface area contributed by atoms with Gasteiger partial charge in [-0.25, -0.2) is 0 Å². The molecule has 4 atom stereocenters. The molecule has 0 aromatic rings. The summed E-state index contributed by atoms with van der Waals surface area (Å²) in [5, 5.41) is 0. The normalized spacial score (nSPS) is 56.3. The first kappa shape index (κ1) is 22.2. The molecule has 164 valence electrons. The van der Waals surface area contributed by atoms with Gasteiger partial charge >= 0.3 is 0 Å². The predicted octanol–water partition coefficient (Wildman–Crippen LogP) is 9.42. The minimum atomic E-state index is -1.68. The maximum atomic E-state index is 14.1. The fourth-order valence-electron chi connectivity index (χ4n) is 10.9. The molecule has 0 aliphatic carbocycles. The van der Waals surface area contributed by atoms with Crippen LogP contribution in [0.5, 0.6) is 0 Å². The van der Waals surface area contributed by atoms with Crippen LogP contribution in [0.4, 0.5) is 0 Å². The quantitative estimate of drug-likeness (QED) is 0.366. The summed E-state index contributed by atoms with van der Waals surface area (Å²) in [5.41, 5.74) is 2.00. The minimum Gasteiger partial charge on any atom is -0.253 e. The molecule has 0 N–H and O–H groups in total. The highest BCUT2D eigenvalue weighted by atomic mass is 31.5. The standard InChI is InChI=1S/C24H44OP4/c1-15-28-21(17(3,4)5)26-22(18(6,7)8)27(21)24(28,20(12,13)14)29(22,16(2)25)23(26,28)19(9,10)11/h15H2,1-14H3/q+2. The molecule has 0 radical (unpaired) electrons. The van der Waals surface area contributed by atoms with E-state index in [1.165, 1.54) is 6.16 Å². The summed E-state index contributed by atoms with van der Waals surface area (Å²) in [6.07, 6.45) is 1.41. The van der Waals surface area contributed by atoms with Crippen molar-refractivity contribution in [3.05, 3.63) is 0 Å². The molecule has 6 saturated heterocycles. The van der Waals surface area contributed by atoms with Crippen LogP contribution in [-0.2, 0) is 4.79 Å². The van der Waals surface area contributed by atoms with Gasteiger partial charge in [-0.1, -0.05) is 83.1 Å². The molecule has 4 unspecified atom stereocenters. The number of hydrogen-bond acceptors (Lipinski definition) is 1.